The molecule has 0 radical (unpaired) electrons. The summed E-state index contributed by atoms with van der Waals surface area (Å²) in [6.07, 6.45) is 0. The van der Waals surface area contributed by atoms with E-state index in [0.717, 1.165) is 16.2 Å². The fourth-order valence-electron chi connectivity index (χ4n) is 1.75. The van der Waals surface area contributed by atoms with Crippen molar-refractivity contribution in [1.29, 1.82) is 0 Å². The summed E-state index contributed by atoms with van der Waals surface area (Å²) >= 11 is 5.26. The Hall–Kier alpha value is -0.940. The van der Waals surface area contributed by atoms with E-state index in [-0.39, 0.29) is 6.04 Å². The van der Waals surface area contributed by atoms with Gasteiger partial charge in [-0.3, -0.25) is 0 Å². The van der Waals surface area contributed by atoms with Crippen LogP contribution in [0.2, 0.25) is 0 Å². The van der Waals surface area contributed by atoms with Gasteiger partial charge in [-0.15, -0.1) is 11.3 Å². The molecule has 2 rings (SSSR count). The molecular weight excluding hydrogens is 322 g/mol. The molecule has 0 saturated carbocycles. The van der Waals surface area contributed by atoms with E-state index in [4.69, 9.17) is 0 Å². The number of aryl methyl sites for hydroxylation is 1. The number of thiophene rings is 1. The second kappa shape index (κ2) is 6.01. The maximum absolute atomic E-state index is 4.56. The number of hydrogen-bond donors (Lipinski definition) is 1. The van der Waals surface area contributed by atoms with Crippen molar-refractivity contribution in [3.05, 3.63) is 38.4 Å². The minimum atomic E-state index is 0.250. The highest BCUT2D eigenvalue weighted by Gasteiger charge is 2.11. The third-order valence-corrected chi connectivity index (χ3v) is 4.37. The van der Waals surface area contributed by atoms with Crippen molar-refractivity contribution in [3.63, 3.8) is 0 Å². The van der Waals surface area contributed by atoms with Gasteiger partial charge in [0.15, 0.2) is 0 Å². The fraction of sp³-hybridized carbons (Fsp3) is 0.429. The van der Waals surface area contributed by atoms with Crippen molar-refractivity contribution in [2.24, 2.45) is 0 Å². The smallest absolute Gasteiger partial charge is 0.134 e. The molecule has 2 aromatic rings. The summed E-state index contributed by atoms with van der Waals surface area (Å²) in [6, 6.07) is 6.48. The van der Waals surface area contributed by atoms with Gasteiger partial charge in [0, 0.05) is 21.7 Å². The van der Waals surface area contributed by atoms with Crippen LogP contribution >= 0.6 is 27.3 Å². The number of nitrogens with one attached hydrogen (secondary N) is 1. The number of halogens is 1. The van der Waals surface area contributed by atoms with Gasteiger partial charge < -0.3 is 5.32 Å². The molecule has 0 aliphatic heterocycles. The maximum atomic E-state index is 4.56. The molecule has 0 aliphatic carbocycles. The van der Waals surface area contributed by atoms with Crippen molar-refractivity contribution in [2.75, 3.05) is 5.32 Å². The molecule has 19 heavy (non-hydrogen) atoms. The molecule has 1 N–H and O–H groups in total. The van der Waals surface area contributed by atoms with E-state index in [0.29, 0.717) is 5.92 Å². The van der Waals surface area contributed by atoms with E-state index in [9.17, 15) is 0 Å². The number of nitrogens with zero attached hydrogens (tertiary/aromatic N) is 2. The lowest BCUT2D eigenvalue weighted by Crippen LogP contribution is -2.09. The van der Waals surface area contributed by atoms with E-state index in [1.807, 2.05) is 17.4 Å². The zero-order valence-electron chi connectivity index (χ0n) is 11.6. The van der Waals surface area contributed by atoms with E-state index >= 15 is 0 Å². The topological polar surface area (TPSA) is 37.8 Å². The predicted octanol–water partition coefficient (Wildman–Crippen LogP) is 4.91. The molecule has 5 heteroatoms. The van der Waals surface area contributed by atoms with Crippen molar-refractivity contribution in [1.82, 2.24) is 9.97 Å². The van der Waals surface area contributed by atoms with E-state index in [1.54, 1.807) is 0 Å². The number of aromatic nitrogens is 2. The lowest BCUT2D eigenvalue weighted by molar-refractivity contribution is 0.764. The van der Waals surface area contributed by atoms with Gasteiger partial charge in [-0.2, -0.15) is 0 Å². The van der Waals surface area contributed by atoms with Crippen LogP contribution in [0.25, 0.3) is 0 Å². The second-order valence-electron chi connectivity index (χ2n) is 4.90. The van der Waals surface area contributed by atoms with Crippen molar-refractivity contribution >= 4 is 33.1 Å². The summed E-state index contributed by atoms with van der Waals surface area (Å²) in [6.45, 7) is 8.46. The molecule has 0 amide bonds. The first-order valence-electron chi connectivity index (χ1n) is 6.33. The van der Waals surface area contributed by atoms with E-state index in [2.05, 4.69) is 71.0 Å². The molecule has 0 spiro atoms. The van der Waals surface area contributed by atoms with Crippen molar-refractivity contribution in [2.45, 2.75) is 39.7 Å². The number of hydrogen-bond acceptors (Lipinski definition) is 4. The lowest BCUT2D eigenvalue weighted by atomic mass is 10.2. The molecular formula is C14H18BrN3S. The summed E-state index contributed by atoms with van der Waals surface area (Å²) in [5.74, 6) is 2.04. The molecule has 2 heterocycles. The summed E-state index contributed by atoms with van der Waals surface area (Å²) in [5.41, 5.74) is 0. The van der Waals surface area contributed by atoms with E-state index in [1.165, 1.54) is 9.75 Å². The monoisotopic (exact) mass is 339 g/mol. The molecule has 0 fully saturated rings. The Bertz CT molecular complexity index is 566. The number of anilines is 1. The second-order valence-corrected chi connectivity index (χ2v) is 7.04. The average Bonchev–Trinajstić information content (AvgIpc) is 2.75. The summed E-state index contributed by atoms with van der Waals surface area (Å²) in [7, 11) is 0. The van der Waals surface area contributed by atoms with Crippen LogP contribution in [0.3, 0.4) is 0 Å². The largest absolute Gasteiger partial charge is 0.363 e. The maximum Gasteiger partial charge on any atom is 0.134 e. The molecule has 0 bridgehead atoms. The zero-order valence-corrected chi connectivity index (χ0v) is 14.0. The highest BCUT2D eigenvalue weighted by Crippen LogP contribution is 2.26. The van der Waals surface area contributed by atoms with Crippen LogP contribution in [0.5, 0.6) is 0 Å². The third-order valence-electron chi connectivity index (χ3n) is 2.78. The Labute approximate surface area is 126 Å². The third kappa shape index (κ3) is 3.76. The van der Waals surface area contributed by atoms with Crippen LogP contribution in [0.4, 0.5) is 5.82 Å². The molecule has 1 atom stereocenters. The van der Waals surface area contributed by atoms with Crippen LogP contribution in [-0.2, 0) is 0 Å². The van der Waals surface area contributed by atoms with Crippen LogP contribution in [-0.4, -0.2) is 9.97 Å². The molecule has 102 valence electrons. The van der Waals surface area contributed by atoms with Gasteiger partial charge >= 0.3 is 0 Å². The van der Waals surface area contributed by atoms with Gasteiger partial charge in [0.25, 0.3) is 0 Å². The molecule has 1 unspecified atom stereocenters. The Morgan fingerprint density at radius 3 is 2.53 bits per heavy atom. The van der Waals surface area contributed by atoms with Gasteiger partial charge in [-0.25, -0.2) is 9.97 Å². The van der Waals surface area contributed by atoms with Crippen molar-refractivity contribution < 1.29 is 0 Å². The van der Waals surface area contributed by atoms with Gasteiger partial charge in [-0.1, -0.05) is 13.8 Å². The average molecular weight is 340 g/mol. The number of rotatable bonds is 4. The molecule has 2 aromatic heterocycles. The molecule has 0 aliphatic rings. The van der Waals surface area contributed by atoms with Gasteiger partial charge in [0.1, 0.15) is 16.2 Å². The first-order chi connectivity index (χ1) is 8.95. The standard InChI is InChI=1S/C14H18BrN3S/c1-8(2)14-17-12(15)7-13(18-14)16-10(4)11-6-5-9(3)19-11/h5-8,10H,1-4H3,(H,16,17,18). The molecule has 3 nitrogen and oxygen atoms in total. The Kier molecular flexibility index (Phi) is 4.58. The minimum Gasteiger partial charge on any atom is -0.363 e. The predicted molar refractivity (Wildman–Crippen MR) is 84.9 cm³/mol. The normalized spacial score (nSPS) is 12.7. The first kappa shape index (κ1) is 14.5. The Morgan fingerprint density at radius 2 is 1.95 bits per heavy atom. The highest BCUT2D eigenvalue weighted by molar-refractivity contribution is 9.10. The highest BCUT2D eigenvalue weighted by atomic mass is 79.9. The van der Waals surface area contributed by atoms with Crippen molar-refractivity contribution in [3.8, 4) is 0 Å². The van der Waals surface area contributed by atoms with Gasteiger partial charge in [0.2, 0.25) is 0 Å². The first-order valence-corrected chi connectivity index (χ1v) is 7.94. The molecule has 0 aromatic carbocycles. The van der Waals surface area contributed by atoms with Crippen LogP contribution in [0.1, 0.15) is 48.3 Å². The Balaban J connectivity index is 2.18. The zero-order chi connectivity index (χ0) is 14.0. The van der Waals surface area contributed by atoms with Gasteiger partial charge in [-0.05, 0) is 41.9 Å². The summed E-state index contributed by atoms with van der Waals surface area (Å²) in [4.78, 5) is 11.6. The molecule has 0 saturated heterocycles. The van der Waals surface area contributed by atoms with E-state index < -0.39 is 0 Å². The van der Waals surface area contributed by atoms with Crippen LogP contribution in [0.15, 0.2) is 22.8 Å². The lowest BCUT2D eigenvalue weighted by Gasteiger charge is -2.14. The van der Waals surface area contributed by atoms with Crippen LogP contribution < -0.4 is 5.32 Å². The quantitative estimate of drug-likeness (QED) is 0.804. The fourth-order valence-corrected chi connectivity index (χ4v) is 3.02. The summed E-state index contributed by atoms with van der Waals surface area (Å²) < 4.78 is 0.822. The Morgan fingerprint density at radius 1 is 1.21 bits per heavy atom. The van der Waals surface area contributed by atoms with Gasteiger partial charge in [0.05, 0.1) is 6.04 Å². The minimum absolute atomic E-state index is 0.250. The SMILES string of the molecule is Cc1ccc(C(C)Nc2cc(Br)nc(C(C)C)n2)s1. The van der Waals surface area contributed by atoms with Crippen LogP contribution in [0, 0.1) is 6.92 Å². The summed E-state index contributed by atoms with van der Waals surface area (Å²) in [5, 5.41) is 3.44.